The maximum absolute atomic E-state index is 11.5. The van der Waals surface area contributed by atoms with Crippen molar-refractivity contribution >= 4 is 27.7 Å². The fourth-order valence-corrected chi connectivity index (χ4v) is 3.79. The van der Waals surface area contributed by atoms with Crippen molar-refractivity contribution in [2.24, 2.45) is 0 Å². The van der Waals surface area contributed by atoms with Crippen LogP contribution in [0.15, 0.2) is 48.5 Å². The van der Waals surface area contributed by atoms with Crippen LogP contribution in [0.2, 0.25) is 0 Å². The highest BCUT2D eigenvalue weighted by Gasteiger charge is 2.24. The molecule has 3 nitrogen and oxygen atoms in total. The van der Waals surface area contributed by atoms with Crippen molar-refractivity contribution in [1.82, 2.24) is 9.47 Å². The highest BCUT2D eigenvalue weighted by Crippen LogP contribution is 2.35. The van der Waals surface area contributed by atoms with Crippen LogP contribution >= 0.6 is 0 Å². The topological polar surface area (TPSA) is 25.2 Å². The average molecular weight is 292 g/mol. The van der Waals surface area contributed by atoms with E-state index in [4.69, 9.17) is 0 Å². The Bertz CT molecular complexity index is 788. The number of rotatable bonds is 1. The average Bonchev–Trinajstić information content (AvgIpc) is 2.89. The first kappa shape index (κ1) is 13.4. The normalized spacial score (nSPS) is 16.5. The van der Waals surface area contributed by atoms with Gasteiger partial charge in [-0.05, 0) is 25.0 Å². The highest BCUT2D eigenvalue weighted by atomic mass is 16.2. The van der Waals surface area contributed by atoms with Gasteiger partial charge in [0.15, 0.2) is 0 Å². The number of aromatic nitrogens is 1. The monoisotopic (exact) mass is 292 g/mol. The number of likely N-dealkylation sites (tertiary alicyclic amines) is 1. The van der Waals surface area contributed by atoms with Gasteiger partial charge in [0.1, 0.15) is 0 Å². The number of carbonyl (C=O) groups excluding carboxylic acids is 1. The fraction of sp³-hybridized carbons (Fsp3) is 0.316. The van der Waals surface area contributed by atoms with Crippen molar-refractivity contribution in [2.45, 2.75) is 25.8 Å². The summed E-state index contributed by atoms with van der Waals surface area (Å²) < 4.78 is 2.49. The zero-order valence-electron chi connectivity index (χ0n) is 12.8. The molecular weight excluding hydrogens is 272 g/mol. The summed E-state index contributed by atoms with van der Waals surface area (Å²) in [6, 6.07) is 17.8. The summed E-state index contributed by atoms with van der Waals surface area (Å²) in [5.41, 5.74) is 2.62. The van der Waals surface area contributed by atoms with Gasteiger partial charge in [-0.3, -0.25) is 4.79 Å². The number of piperidine rings is 1. The zero-order valence-corrected chi connectivity index (χ0v) is 12.8. The van der Waals surface area contributed by atoms with E-state index in [1.54, 1.807) is 6.92 Å². The first-order valence-electron chi connectivity index (χ1n) is 7.99. The predicted octanol–water partition coefficient (Wildman–Crippen LogP) is 3.98. The summed E-state index contributed by atoms with van der Waals surface area (Å²) in [6.07, 6.45) is 2.06. The van der Waals surface area contributed by atoms with Crippen LogP contribution in [-0.4, -0.2) is 28.5 Å². The quantitative estimate of drug-likeness (QED) is 0.666. The molecule has 0 spiro atoms. The lowest BCUT2D eigenvalue weighted by atomic mass is 10.0. The molecule has 22 heavy (non-hydrogen) atoms. The molecule has 3 heteroatoms. The standard InChI is InChI=1S/C19H20N2O/c1-14(22)20-12-10-15(11-13-20)21-18-8-4-2-6-16(18)17-7-3-5-9-19(17)21/h2-9,15H,10-13H2,1H3. The molecule has 112 valence electrons. The van der Waals surface area contributed by atoms with E-state index in [9.17, 15) is 4.79 Å². The molecule has 1 fully saturated rings. The third kappa shape index (κ3) is 2.00. The molecule has 4 rings (SSSR count). The molecule has 1 saturated heterocycles. The third-order valence-electron chi connectivity index (χ3n) is 4.89. The van der Waals surface area contributed by atoms with Crippen LogP contribution in [0.5, 0.6) is 0 Å². The Kier molecular flexibility index (Phi) is 3.14. The lowest BCUT2D eigenvalue weighted by Gasteiger charge is -2.33. The molecule has 0 unspecified atom stereocenters. The van der Waals surface area contributed by atoms with E-state index in [0.717, 1.165) is 25.9 Å². The molecule has 0 saturated carbocycles. The van der Waals surface area contributed by atoms with Crippen molar-refractivity contribution in [3.8, 4) is 0 Å². The van der Waals surface area contributed by atoms with Gasteiger partial charge in [0.25, 0.3) is 0 Å². The van der Waals surface area contributed by atoms with E-state index >= 15 is 0 Å². The van der Waals surface area contributed by atoms with Gasteiger partial charge in [-0.1, -0.05) is 36.4 Å². The molecule has 1 aromatic heterocycles. The largest absolute Gasteiger partial charge is 0.343 e. The fourth-order valence-electron chi connectivity index (χ4n) is 3.79. The number of nitrogens with zero attached hydrogens (tertiary/aromatic N) is 2. The summed E-state index contributed by atoms with van der Waals surface area (Å²) in [4.78, 5) is 13.5. The first-order chi connectivity index (χ1) is 10.8. The zero-order chi connectivity index (χ0) is 15.1. The van der Waals surface area contributed by atoms with Crippen LogP contribution in [-0.2, 0) is 4.79 Å². The molecular formula is C19H20N2O. The van der Waals surface area contributed by atoms with E-state index in [-0.39, 0.29) is 5.91 Å². The number of amides is 1. The summed E-state index contributed by atoms with van der Waals surface area (Å²) in [7, 11) is 0. The second kappa shape index (κ2) is 5.16. The van der Waals surface area contributed by atoms with Gasteiger partial charge in [0, 0.05) is 47.9 Å². The number of carbonyl (C=O) groups is 1. The van der Waals surface area contributed by atoms with E-state index in [2.05, 4.69) is 53.1 Å². The molecule has 1 amide bonds. The van der Waals surface area contributed by atoms with Crippen LogP contribution in [0.25, 0.3) is 21.8 Å². The van der Waals surface area contributed by atoms with Gasteiger partial charge in [-0.2, -0.15) is 0 Å². The van der Waals surface area contributed by atoms with Gasteiger partial charge in [-0.15, -0.1) is 0 Å². The van der Waals surface area contributed by atoms with Crippen molar-refractivity contribution in [2.75, 3.05) is 13.1 Å². The summed E-state index contributed by atoms with van der Waals surface area (Å²) in [6.45, 7) is 3.39. The van der Waals surface area contributed by atoms with Crippen LogP contribution < -0.4 is 0 Å². The Balaban J connectivity index is 1.82. The van der Waals surface area contributed by atoms with Crippen LogP contribution in [0, 0.1) is 0 Å². The Morgan fingerprint density at radius 2 is 1.41 bits per heavy atom. The van der Waals surface area contributed by atoms with Crippen molar-refractivity contribution < 1.29 is 4.79 Å². The molecule has 0 aliphatic carbocycles. The Morgan fingerprint density at radius 3 is 1.91 bits per heavy atom. The second-order valence-electron chi connectivity index (χ2n) is 6.14. The molecule has 3 aromatic rings. The molecule has 0 atom stereocenters. The SMILES string of the molecule is CC(=O)N1CCC(n2c3ccccc3c3ccccc32)CC1. The second-order valence-corrected chi connectivity index (χ2v) is 6.14. The smallest absolute Gasteiger partial charge is 0.219 e. The maximum Gasteiger partial charge on any atom is 0.219 e. The number of fused-ring (bicyclic) bond motifs is 3. The number of hydrogen-bond donors (Lipinski definition) is 0. The summed E-state index contributed by atoms with van der Waals surface area (Å²) in [5, 5.41) is 2.65. The van der Waals surface area contributed by atoms with E-state index in [1.807, 2.05) is 4.90 Å². The van der Waals surface area contributed by atoms with Gasteiger partial charge in [0.05, 0.1) is 0 Å². The predicted molar refractivity (Wildman–Crippen MR) is 90.0 cm³/mol. The van der Waals surface area contributed by atoms with E-state index in [0.29, 0.717) is 6.04 Å². The highest BCUT2D eigenvalue weighted by molar-refractivity contribution is 6.08. The van der Waals surface area contributed by atoms with E-state index in [1.165, 1.54) is 21.8 Å². The maximum atomic E-state index is 11.5. The van der Waals surface area contributed by atoms with Gasteiger partial charge < -0.3 is 9.47 Å². The van der Waals surface area contributed by atoms with E-state index < -0.39 is 0 Å². The minimum absolute atomic E-state index is 0.195. The molecule has 2 heterocycles. The molecule has 0 N–H and O–H groups in total. The van der Waals surface area contributed by atoms with Gasteiger partial charge in [0.2, 0.25) is 5.91 Å². The van der Waals surface area contributed by atoms with Crippen LogP contribution in [0.4, 0.5) is 0 Å². The molecule has 1 aliphatic heterocycles. The number of para-hydroxylation sites is 2. The summed E-state index contributed by atoms with van der Waals surface area (Å²) in [5.74, 6) is 0.195. The molecule has 1 aliphatic rings. The van der Waals surface area contributed by atoms with Gasteiger partial charge >= 0.3 is 0 Å². The minimum atomic E-state index is 0.195. The minimum Gasteiger partial charge on any atom is -0.343 e. The molecule has 0 radical (unpaired) electrons. The summed E-state index contributed by atoms with van der Waals surface area (Å²) >= 11 is 0. The first-order valence-corrected chi connectivity index (χ1v) is 7.99. The molecule has 0 bridgehead atoms. The number of benzene rings is 2. The molecule has 2 aromatic carbocycles. The van der Waals surface area contributed by atoms with Crippen molar-refractivity contribution in [1.29, 1.82) is 0 Å². The lowest BCUT2D eigenvalue weighted by molar-refractivity contribution is -0.130. The van der Waals surface area contributed by atoms with Gasteiger partial charge in [-0.25, -0.2) is 0 Å². The Labute approximate surface area is 130 Å². The van der Waals surface area contributed by atoms with Crippen molar-refractivity contribution in [3.05, 3.63) is 48.5 Å². The van der Waals surface area contributed by atoms with Crippen LogP contribution in [0.3, 0.4) is 0 Å². The number of hydrogen-bond acceptors (Lipinski definition) is 1. The Hall–Kier alpha value is -2.29. The van der Waals surface area contributed by atoms with Crippen molar-refractivity contribution in [3.63, 3.8) is 0 Å². The Morgan fingerprint density at radius 1 is 0.909 bits per heavy atom. The third-order valence-corrected chi connectivity index (χ3v) is 4.89. The lowest BCUT2D eigenvalue weighted by Crippen LogP contribution is -2.37. The van der Waals surface area contributed by atoms with Crippen LogP contribution in [0.1, 0.15) is 25.8 Å².